The van der Waals surface area contributed by atoms with Gasteiger partial charge in [-0.2, -0.15) is 0 Å². The number of nitrogens with one attached hydrogen (secondary N) is 3. The second-order valence-electron chi connectivity index (χ2n) is 20.0. The Kier molecular flexibility index (Phi) is 16.4. The van der Waals surface area contributed by atoms with Crippen molar-refractivity contribution in [2.75, 3.05) is 14.1 Å². The topological polar surface area (TPSA) is 185 Å². The van der Waals surface area contributed by atoms with Crippen LogP contribution in [-0.2, 0) is 11.1 Å². The van der Waals surface area contributed by atoms with E-state index in [1.54, 1.807) is 70.6 Å². The number of aryl methyl sites for hydroxylation is 2. The number of benzene rings is 6. The van der Waals surface area contributed by atoms with Crippen LogP contribution >= 0.6 is 0 Å². The molecular formula is C64H60F2N8O5. The highest BCUT2D eigenvalue weighted by molar-refractivity contribution is 6.01. The summed E-state index contributed by atoms with van der Waals surface area (Å²) < 4.78 is 30.3. The van der Waals surface area contributed by atoms with Gasteiger partial charge in [-0.1, -0.05) is 72.8 Å². The minimum Gasteiger partial charge on any atom is -0.478 e. The van der Waals surface area contributed by atoms with Gasteiger partial charge in [0.25, 0.3) is 17.7 Å². The van der Waals surface area contributed by atoms with Gasteiger partial charge in [0.1, 0.15) is 45.7 Å². The molecule has 0 bridgehead atoms. The maximum absolute atomic E-state index is 13.5. The quantitative estimate of drug-likeness (QED) is 0.0847. The van der Waals surface area contributed by atoms with Crippen molar-refractivity contribution in [3.8, 4) is 44.8 Å². The monoisotopic (exact) mass is 1060 g/mol. The van der Waals surface area contributed by atoms with Crippen LogP contribution in [-0.4, -0.2) is 61.7 Å². The lowest BCUT2D eigenvalue weighted by Crippen LogP contribution is -2.40. The zero-order valence-electron chi connectivity index (χ0n) is 45.0. The third kappa shape index (κ3) is 12.5. The van der Waals surface area contributed by atoms with E-state index >= 15 is 0 Å². The molecule has 79 heavy (non-hydrogen) atoms. The molecule has 0 unspecified atom stereocenters. The van der Waals surface area contributed by atoms with Crippen LogP contribution in [0.5, 0.6) is 0 Å². The lowest BCUT2D eigenvalue weighted by molar-refractivity contribution is 0.0696. The van der Waals surface area contributed by atoms with Crippen molar-refractivity contribution in [2.24, 2.45) is 5.73 Å². The van der Waals surface area contributed by atoms with Gasteiger partial charge >= 0.3 is 5.97 Å². The van der Waals surface area contributed by atoms with E-state index in [0.29, 0.717) is 50.8 Å². The fraction of sp³-hybridized carbons (Fsp3) is 0.156. The summed E-state index contributed by atoms with van der Waals surface area (Å²) in [4.78, 5) is 59.6. The lowest BCUT2D eigenvalue weighted by Gasteiger charge is -2.27. The van der Waals surface area contributed by atoms with Crippen molar-refractivity contribution in [2.45, 2.75) is 52.6 Å². The second-order valence-corrected chi connectivity index (χ2v) is 20.0. The molecule has 10 aromatic rings. The number of fused-ring (bicyclic) bond motifs is 2. The first kappa shape index (κ1) is 55.6. The van der Waals surface area contributed by atoms with Gasteiger partial charge in [-0.25, -0.2) is 23.5 Å². The first-order valence-electron chi connectivity index (χ1n) is 25.4. The number of pyridine rings is 2. The Bertz CT molecular complexity index is 3870. The van der Waals surface area contributed by atoms with Gasteiger partial charge in [0.2, 0.25) is 0 Å². The summed E-state index contributed by atoms with van der Waals surface area (Å²) in [6, 6.07) is 49.5. The van der Waals surface area contributed by atoms with Crippen molar-refractivity contribution in [3.05, 3.63) is 239 Å². The first-order chi connectivity index (χ1) is 37.7. The Hall–Kier alpha value is -9.60. The molecule has 0 fully saturated rings. The molecule has 4 heterocycles. The zero-order valence-corrected chi connectivity index (χ0v) is 45.0. The molecular weight excluding hydrogens is 999 g/mol. The summed E-state index contributed by atoms with van der Waals surface area (Å²) in [5, 5.41) is 17.8. The van der Waals surface area contributed by atoms with Crippen LogP contribution in [0.1, 0.15) is 91.6 Å². The van der Waals surface area contributed by atoms with Crippen LogP contribution in [0, 0.1) is 25.5 Å². The Morgan fingerprint density at radius 2 is 0.899 bits per heavy atom. The van der Waals surface area contributed by atoms with Crippen LogP contribution in [0.25, 0.3) is 56.1 Å². The molecule has 0 aliphatic carbocycles. The molecule has 6 aromatic carbocycles. The van der Waals surface area contributed by atoms with E-state index in [1.807, 2.05) is 145 Å². The van der Waals surface area contributed by atoms with E-state index in [1.165, 1.54) is 36.9 Å². The second kappa shape index (κ2) is 23.3. The van der Waals surface area contributed by atoms with Gasteiger partial charge in [0.15, 0.2) is 0 Å². The third-order valence-corrected chi connectivity index (χ3v) is 13.4. The molecule has 10 rings (SSSR count). The highest BCUT2D eigenvalue weighted by Gasteiger charge is 2.26. The first-order valence-corrected chi connectivity index (χ1v) is 25.4. The molecule has 0 radical (unpaired) electrons. The zero-order chi connectivity index (χ0) is 56.8. The van der Waals surface area contributed by atoms with Crippen LogP contribution in [0.4, 0.5) is 8.78 Å². The van der Waals surface area contributed by atoms with E-state index in [9.17, 15) is 33.1 Å². The number of nitrogens with two attached hydrogens (primary N) is 1. The number of hydrogen-bond acceptors (Lipinski definition) is 7. The summed E-state index contributed by atoms with van der Waals surface area (Å²) in [6.07, 6.45) is 3.60. The molecule has 4 aromatic heterocycles. The summed E-state index contributed by atoms with van der Waals surface area (Å²) in [5.74, 6) is -2.58. The number of imidazole rings is 2. The van der Waals surface area contributed by atoms with E-state index in [-0.39, 0.29) is 40.5 Å². The standard InChI is InChI=1S/C32H29FN4O2.C23H18FN3O3.C9H13N/c1-20-10-11-22(30(38)36-32(2,3)24-8-6-5-7-9-24)18-26(20)23-14-17-27-35-28(21-12-15-25(33)16-13-21)29(31(39)34-4)37(27)19-23;1-13-3-4-15(23(29)30)11-18(13)16-7-10-19-26-20(14-5-8-17(24)9-6-14)21(22(28)25-2)27(19)12-16;1-9(2,10)8-6-4-3-5-7-8/h5-19H,1-4H3,(H,34,39)(H,36,38);3-12H,1-2H3,(H,25,28)(H,29,30);3-7H,10H2,1-2H3. The SMILES string of the molecule is CC(C)(N)c1ccccc1.CNC(=O)c1c(-c2ccc(F)cc2)nc2ccc(-c3cc(C(=O)NC(C)(C)c4ccccc4)ccc3C)cn12.CNC(=O)c1c(-c2ccc(F)cc2)nc2ccc(-c3cc(C(=O)O)ccc3C)cn12. The highest BCUT2D eigenvalue weighted by Crippen LogP contribution is 2.32. The number of rotatable bonds is 11. The van der Waals surface area contributed by atoms with Gasteiger partial charge in [0, 0.05) is 48.7 Å². The number of aromatic carboxylic acids is 1. The fourth-order valence-electron chi connectivity index (χ4n) is 8.99. The summed E-state index contributed by atoms with van der Waals surface area (Å²) in [7, 11) is 3.09. The van der Waals surface area contributed by atoms with Crippen LogP contribution in [0.3, 0.4) is 0 Å². The van der Waals surface area contributed by atoms with Crippen molar-refractivity contribution in [1.29, 1.82) is 0 Å². The average molecular weight is 1060 g/mol. The average Bonchev–Trinajstić information content (AvgIpc) is 4.26. The Labute approximate surface area is 456 Å². The molecule has 0 aliphatic rings. The van der Waals surface area contributed by atoms with E-state index in [2.05, 4.69) is 25.9 Å². The predicted octanol–water partition coefficient (Wildman–Crippen LogP) is 12.2. The Balaban J connectivity index is 0.000000181. The summed E-state index contributed by atoms with van der Waals surface area (Å²) in [5.41, 5.74) is 17.0. The molecule has 0 saturated heterocycles. The van der Waals surface area contributed by atoms with Gasteiger partial charge in [-0.05, 0) is 183 Å². The van der Waals surface area contributed by atoms with Crippen molar-refractivity contribution in [3.63, 3.8) is 0 Å². The highest BCUT2D eigenvalue weighted by atomic mass is 19.1. The molecule has 0 atom stereocenters. The smallest absolute Gasteiger partial charge is 0.335 e. The van der Waals surface area contributed by atoms with Gasteiger partial charge in [-0.15, -0.1) is 0 Å². The van der Waals surface area contributed by atoms with E-state index < -0.39 is 11.5 Å². The molecule has 3 amide bonds. The lowest BCUT2D eigenvalue weighted by atomic mass is 9.93. The predicted molar refractivity (Wildman–Crippen MR) is 306 cm³/mol. The Morgan fingerprint density at radius 3 is 1.29 bits per heavy atom. The maximum atomic E-state index is 13.5. The maximum Gasteiger partial charge on any atom is 0.335 e. The minimum absolute atomic E-state index is 0.180. The fourth-order valence-corrected chi connectivity index (χ4v) is 8.99. The summed E-state index contributed by atoms with van der Waals surface area (Å²) >= 11 is 0. The number of carbonyl (C=O) groups is 4. The number of carboxylic acids is 1. The number of carboxylic acid groups (broad SMARTS) is 1. The summed E-state index contributed by atoms with van der Waals surface area (Å²) in [6.45, 7) is 11.8. The normalized spacial score (nSPS) is 11.2. The van der Waals surface area contributed by atoms with Crippen molar-refractivity contribution in [1.82, 2.24) is 34.7 Å². The Morgan fingerprint density at radius 1 is 0.506 bits per heavy atom. The molecule has 0 spiro atoms. The molecule has 400 valence electrons. The largest absolute Gasteiger partial charge is 0.478 e. The molecule has 0 aliphatic heterocycles. The van der Waals surface area contributed by atoms with Gasteiger partial charge < -0.3 is 26.8 Å². The number of amides is 3. The third-order valence-electron chi connectivity index (χ3n) is 13.4. The minimum atomic E-state index is -1.01. The van der Waals surface area contributed by atoms with Crippen LogP contribution < -0.4 is 21.7 Å². The van der Waals surface area contributed by atoms with E-state index in [0.717, 1.165) is 38.9 Å². The van der Waals surface area contributed by atoms with Crippen molar-refractivity contribution >= 4 is 35.0 Å². The molecule has 0 saturated carbocycles. The number of aromatic nitrogens is 4. The van der Waals surface area contributed by atoms with Crippen LogP contribution in [0.15, 0.2) is 182 Å². The number of hydrogen-bond donors (Lipinski definition) is 5. The van der Waals surface area contributed by atoms with Crippen LogP contribution in [0.2, 0.25) is 0 Å². The number of nitrogens with zero attached hydrogens (tertiary/aromatic N) is 4. The van der Waals surface area contributed by atoms with Crippen molar-refractivity contribution < 1.29 is 33.1 Å². The van der Waals surface area contributed by atoms with E-state index in [4.69, 9.17) is 5.73 Å². The number of halogens is 2. The molecule has 13 nitrogen and oxygen atoms in total. The number of carbonyl (C=O) groups excluding carboxylic acids is 3. The molecule has 15 heteroatoms. The van der Waals surface area contributed by atoms with Gasteiger partial charge in [-0.3, -0.25) is 23.2 Å². The molecule has 6 N–H and O–H groups in total. The van der Waals surface area contributed by atoms with Gasteiger partial charge in [0.05, 0.1) is 11.1 Å².